The van der Waals surface area contributed by atoms with Crippen molar-refractivity contribution in [3.63, 3.8) is 0 Å². The van der Waals surface area contributed by atoms with Gasteiger partial charge in [-0.05, 0) is 35.4 Å². The highest BCUT2D eigenvalue weighted by Crippen LogP contribution is 2.25. The van der Waals surface area contributed by atoms with Crippen molar-refractivity contribution in [2.24, 2.45) is 0 Å². The second-order valence-electron chi connectivity index (χ2n) is 5.47. The first-order valence-electron chi connectivity index (χ1n) is 8.01. The average Bonchev–Trinajstić information content (AvgIpc) is 3.15. The lowest BCUT2D eigenvalue weighted by Gasteiger charge is -2.07. The van der Waals surface area contributed by atoms with Gasteiger partial charge in [0.05, 0.1) is 12.3 Å². The number of ether oxygens (including phenoxy) is 1. The van der Waals surface area contributed by atoms with Crippen LogP contribution < -0.4 is 4.74 Å². The molecule has 0 atom stereocenters. The molecular formula is C19H15ClFNO3S2. The van der Waals surface area contributed by atoms with E-state index < -0.39 is 5.97 Å². The molecule has 0 spiro atoms. The molecule has 0 N–H and O–H groups in total. The summed E-state index contributed by atoms with van der Waals surface area (Å²) in [5.41, 5.74) is 3.05. The van der Waals surface area contributed by atoms with Gasteiger partial charge in [0.1, 0.15) is 11.5 Å². The number of halogens is 2. The zero-order chi connectivity index (χ0) is 19.1. The molecule has 0 aliphatic rings. The Kier molecular flexibility index (Phi) is 7.09. The highest BCUT2D eigenvalue weighted by molar-refractivity contribution is 8.01. The van der Waals surface area contributed by atoms with Gasteiger partial charge in [-0.3, -0.25) is 4.94 Å². The third-order valence-corrected chi connectivity index (χ3v) is 5.88. The van der Waals surface area contributed by atoms with Gasteiger partial charge in [-0.15, -0.1) is 11.3 Å². The van der Waals surface area contributed by atoms with E-state index in [9.17, 15) is 9.32 Å². The van der Waals surface area contributed by atoms with Gasteiger partial charge in [-0.25, -0.2) is 9.78 Å². The van der Waals surface area contributed by atoms with Gasteiger partial charge in [-0.1, -0.05) is 47.6 Å². The predicted molar refractivity (Wildman–Crippen MR) is 106 cm³/mol. The molecule has 0 bridgehead atoms. The number of carbonyl (C=O) groups is 1. The molecule has 0 saturated heterocycles. The Morgan fingerprint density at radius 1 is 1.11 bits per heavy atom. The molecule has 140 valence electrons. The summed E-state index contributed by atoms with van der Waals surface area (Å²) in [5.74, 6) is -0.231. The number of thiazole rings is 1. The van der Waals surface area contributed by atoms with Crippen molar-refractivity contribution in [1.82, 2.24) is 4.98 Å². The van der Waals surface area contributed by atoms with Crippen molar-refractivity contribution in [2.75, 3.05) is 12.4 Å². The second-order valence-corrected chi connectivity index (χ2v) is 7.99. The minimum absolute atomic E-state index is 0.0973. The van der Waals surface area contributed by atoms with Crippen LogP contribution in [0.1, 0.15) is 5.69 Å². The van der Waals surface area contributed by atoms with E-state index in [4.69, 9.17) is 16.3 Å². The number of aromatic nitrogens is 1. The first-order valence-corrected chi connectivity index (χ1v) is 10.3. The van der Waals surface area contributed by atoms with E-state index in [0.717, 1.165) is 34.3 Å². The molecule has 8 heteroatoms. The predicted octanol–water partition coefficient (Wildman–Crippen LogP) is 5.60. The number of benzene rings is 2. The number of hydrogen-bond acceptors (Lipinski definition) is 6. The average molecular weight is 424 g/mol. The van der Waals surface area contributed by atoms with E-state index in [2.05, 4.69) is 9.93 Å². The molecule has 0 amide bonds. The fourth-order valence-corrected chi connectivity index (χ4v) is 4.04. The van der Waals surface area contributed by atoms with Gasteiger partial charge in [0.2, 0.25) is 0 Å². The zero-order valence-electron chi connectivity index (χ0n) is 14.1. The van der Waals surface area contributed by atoms with E-state index in [1.807, 2.05) is 53.9 Å². The highest BCUT2D eigenvalue weighted by atomic mass is 35.5. The van der Waals surface area contributed by atoms with Crippen LogP contribution >= 0.6 is 34.7 Å². The van der Waals surface area contributed by atoms with Crippen LogP contribution in [-0.4, -0.2) is 23.3 Å². The quantitative estimate of drug-likeness (QED) is 0.441. The van der Waals surface area contributed by atoms with Crippen LogP contribution in [0.2, 0.25) is 5.02 Å². The van der Waals surface area contributed by atoms with Gasteiger partial charge in [-0.2, -0.15) is 0 Å². The Morgan fingerprint density at radius 3 is 2.44 bits per heavy atom. The molecule has 3 rings (SSSR count). The standard InChI is InChI=1S/C19H15ClFNO3S2/c20-15-5-1-13(2-6-15)14-3-7-17(8-4-14)24-10-9-16-11-26-19(22-16)27-12-18(23)25-21/h1-8,11H,9-10,12H2. The van der Waals surface area contributed by atoms with E-state index in [0.29, 0.717) is 22.4 Å². The lowest BCUT2D eigenvalue weighted by atomic mass is 10.1. The van der Waals surface area contributed by atoms with Crippen molar-refractivity contribution in [3.05, 3.63) is 64.6 Å². The molecule has 3 aromatic rings. The zero-order valence-corrected chi connectivity index (χ0v) is 16.5. The highest BCUT2D eigenvalue weighted by Gasteiger charge is 2.08. The Labute approximate surface area is 169 Å². The summed E-state index contributed by atoms with van der Waals surface area (Å²) in [4.78, 5) is 18.3. The van der Waals surface area contributed by atoms with Crippen LogP contribution in [0.4, 0.5) is 4.53 Å². The Hall–Kier alpha value is -2.09. The van der Waals surface area contributed by atoms with Gasteiger partial charge in [0.25, 0.3) is 0 Å². The van der Waals surface area contributed by atoms with Gasteiger partial charge in [0.15, 0.2) is 4.34 Å². The van der Waals surface area contributed by atoms with E-state index in [-0.39, 0.29) is 5.75 Å². The number of rotatable bonds is 8. The smallest absolute Gasteiger partial charge is 0.359 e. The molecule has 1 heterocycles. The van der Waals surface area contributed by atoms with Gasteiger partial charge in [0, 0.05) is 21.3 Å². The molecule has 0 aliphatic carbocycles. The van der Waals surface area contributed by atoms with Crippen LogP contribution in [-0.2, 0) is 16.2 Å². The molecule has 0 radical (unpaired) electrons. The van der Waals surface area contributed by atoms with Crippen molar-refractivity contribution in [2.45, 2.75) is 10.8 Å². The molecule has 0 saturated carbocycles. The molecule has 2 aromatic carbocycles. The molecule has 0 aliphatic heterocycles. The second kappa shape index (κ2) is 9.73. The van der Waals surface area contributed by atoms with Crippen LogP contribution in [0.25, 0.3) is 11.1 Å². The summed E-state index contributed by atoms with van der Waals surface area (Å²) < 4.78 is 18.1. The largest absolute Gasteiger partial charge is 0.493 e. The van der Waals surface area contributed by atoms with E-state index in [1.165, 1.54) is 11.3 Å². The summed E-state index contributed by atoms with van der Waals surface area (Å²) >= 11 is 8.46. The summed E-state index contributed by atoms with van der Waals surface area (Å²) in [6.45, 7) is 0.487. The van der Waals surface area contributed by atoms with Crippen molar-refractivity contribution >= 4 is 40.7 Å². The van der Waals surface area contributed by atoms with Crippen molar-refractivity contribution in [1.29, 1.82) is 0 Å². The fourth-order valence-electron chi connectivity index (χ4n) is 2.27. The normalized spacial score (nSPS) is 10.6. The van der Waals surface area contributed by atoms with E-state index in [1.54, 1.807) is 0 Å². The number of thioether (sulfide) groups is 1. The lowest BCUT2D eigenvalue weighted by Crippen LogP contribution is -2.02. The minimum atomic E-state index is -0.915. The minimum Gasteiger partial charge on any atom is -0.493 e. The number of hydrogen-bond donors (Lipinski definition) is 0. The molecule has 4 nitrogen and oxygen atoms in total. The van der Waals surface area contributed by atoms with Crippen LogP contribution in [0.3, 0.4) is 0 Å². The van der Waals surface area contributed by atoms with Crippen LogP contribution in [0, 0.1) is 0 Å². The van der Waals surface area contributed by atoms with Crippen molar-refractivity contribution in [3.8, 4) is 16.9 Å². The van der Waals surface area contributed by atoms with Gasteiger partial charge >= 0.3 is 5.97 Å². The van der Waals surface area contributed by atoms with Crippen LogP contribution in [0.5, 0.6) is 5.75 Å². The van der Waals surface area contributed by atoms with Gasteiger partial charge < -0.3 is 4.74 Å². The van der Waals surface area contributed by atoms with Crippen molar-refractivity contribution < 1.29 is 19.0 Å². The molecule has 1 aromatic heterocycles. The van der Waals surface area contributed by atoms with E-state index >= 15 is 0 Å². The Bertz CT molecular complexity index is 885. The summed E-state index contributed by atoms with van der Waals surface area (Å²) in [7, 11) is 0. The summed E-state index contributed by atoms with van der Waals surface area (Å²) in [6.07, 6.45) is 0.642. The Morgan fingerprint density at radius 2 is 1.78 bits per heavy atom. The third kappa shape index (κ3) is 5.95. The van der Waals surface area contributed by atoms with Crippen LogP contribution in [0.15, 0.2) is 58.3 Å². The molecule has 0 fully saturated rings. The summed E-state index contributed by atoms with van der Waals surface area (Å²) in [6, 6.07) is 15.5. The molecular weight excluding hydrogens is 409 g/mol. The number of nitrogens with zero attached hydrogens (tertiary/aromatic N) is 1. The maximum Gasteiger partial charge on any atom is 0.359 e. The third-order valence-electron chi connectivity index (χ3n) is 3.59. The maximum absolute atomic E-state index is 11.7. The molecule has 27 heavy (non-hydrogen) atoms. The lowest BCUT2D eigenvalue weighted by molar-refractivity contribution is -0.179. The SMILES string of the molecule is O=C(CSc1nc(CCOc2ccc(-c3ccc(Cl)cc3)cc2)cs1)OF. The first-order chi connectivity index (χ1) is 13.1. The topological polar surface area (TPSA) is 48.4 Å². The maximum atomic E-state index is 11.7. The monoisotopic (exact) mass is 423 g/mol. The molecule has 0 unspecified atom stereocenters. The summed E-state index contributed by atoms with van der Waals surface area (Å²) in [5, 5.41) is 2.61. The number of carbonyl (C=O) groups excluding carboxylic acids is 1. The Balaban J connectivity index is 1.47. The first kappa shape index (κ1) is 19.7. The fraction of sp³-hybridized carbons (Fsp3) is 0.158.